The summed E-state index contributed by atoms with van der Waals surface area (Å²) in [6.45, 7) is 3.98. The third-order valence-corrected chi connectivity index (χ3v) is 5.62. The number of benzene rings is 2. The first-order valence-electron chi connectivity index (χ1n) is 12.7. The summed E-state index contributed by atoms with van der Waals surface area (Å²) in [7, 11) is 0. The van der Waals surface area contributed by atoms with Gasteiger partial charge in [-0.1, -0.05) is 60.7 Å². The molecule has 39 heavy (non-hydrogen) atoms. The van der Waals surface area contributed by atoms with E-state index < -0.39 is 5.24 Å². The Balaban J connectivity index is 0.000000596. The Morgan fingerprint density at radius 3 is 1.74 bits per heavy atom. The Labute approximate surface area is 258 Å². The summed E-state index contributed by atoms with van der Waals surface area (Å²) in [6.07, 6.45) is 5.04. The van der Waals surface area contributed by atoms with Crippen LogP contribution in [-0.4, -0.2) is 68.4 Å². The van der Waals surface area contributed by atoms with Gasteiger partial charge in [-0.2, -0.15) is 0 Å². The molecule has 212 valence electrons. The molecule has 2 saturated heterocycles. The predicted octanol–water partition coefficient (Wildman–Crippen LogP) is 0.418. The van der Waals surface area contributed by atoms with E-state index in [1.165, 1.54) is 6.42 Å². The fourth-order valence-corrected chi connectivity index (χ4v) is 3.65. The monoisotopic (exact) mass is 574 g/mol. The zero-order valence-electron chi connectivity index (χ0n) is 22.8. The van der Waals surface area contributed by atoms with Gasteiger partial charge in [0.05, 0.1) is 25.4 Å². The van der Waals surface area contributed by atoms with Crippen molar-refractivity contribution < 1.29 is 63.6 Å². The number of amides is 1. The van der Waals surface area contributed by atoms with Gasteiger partial charge in [-0.15, -0.1) is 0 Å². The Bertz CT molecular complexity index is 869. The second-order valence-electron chi connectivity index (χ2n) is 8.62. The molecular weight excluding hydrogens is 535 g/mol. The molecule has 0 saturated carbocycles. The molecule has 2 aromatic rings. The van der Waals surface area contributed by atoms with E-state index in [9.17, 15) is 9.59 Å². The number of ether oxygens (including phenoxy) is 4. The molecule has 0 aromatic heterocycles. The molecule has 0 unspecified atom stereocenters. The van der Waals surface area contributed by atoms with Crippen molar-refractivity contribution in [2.75, 3.05) is 39.5 Å². The number of hydrogen-bond acceptors (Lipinski definition) is 8. The van der Waals surface area contributed by atoms with E-state index in [-0.39, 0.29) is 60.3 Å². The summed E-state index contributed by atoms with van der Waals surface area (Å²) in [5.74, 6) is -0.0820. The Hall–Kier alpha value is -1.37. The molecule has 1 amide bonds. The summed E-state index contributed by atoms with van der Waals surface area (Å²) in [4.78, 5) is 21.8. The molecule has 0 spiro atoms. The molecule has 4 N–H and O–H groups in total. The first-order valence-corrected chi connectivity index (χ1v) is 13.1. The van der Waals surface area contributed by atoms with E-state index in [1.54, 1.807) is 0 Å². The zero-order valence-corrected chi connectivity index (χ0v) is 25.5. The van der Waals surface area contributed by atoms with Gasteiger partial charge in [-0.25, -0.2) is 0 Å². The molecule has 2 aliphatic heterocycles. The minimum absolute atomic E-state index is 0. The van der Waals surface area contributed by atoms with Crippen molar-refractivity contribution in [2.24, 2.45) is 5.73 Å². The number of hydrogen-bond donors (Lipinski definition) is 2. The number of halogens is 1. The van der Waals surface area contributed by atoms with Crippen molar-refractivity contribution in [3.63, 3.8) is 0 Å². The quantitative estimate of drug-likeness (QED) is 0.291. The Kier molecular flexibility index (Phi) is 23.6. The first-order chi connectivity index (χ1) is 18.1. The van der Waals surface area contributed by atoms with Crippen LogP contribution in [-0.2, 0) is 41.8 Å². The second-order valence-corrected chi connectivity index (χ2v) is 9.04. The van der Waals surface area contributed by atoms with Gasteiger partial charge >= 0.3 is 29.6 Å². The van der Waals surface area contributed by atoms with Crippen LogP contribution in [0.15, 0.2) is 60.7 Å². The molecule has 2 heterocycles. The summed E-state index contributed by atoms with van der Waals surface area (Å²) < 4.78 is 20.9. The van der Waals surface area contributed by atoms with Gasteiger partial charge < -0.3 is 35.5 Å². The van der Waals surface area contributed by atoms with Crippen molar-refractivity contribution in [1.29, 1.82) is 0 Å². The van der Waals surface area contributed by atoms with Crippen molar-refractivity contribution in [3.8, 4) is 0 Å². The number of nitrogens with one attached hydrogen (secondary N) is 1. The molecular formula is C28H40ClN2NaO7. The SMILES string of the molecule is NC[C@@H]1CCCO1.O=C(COCc1ccccc1)NC[C@@H]1CCCO1.O=C(Cl)COCc1ccccc1.[Na+].[OH-]. The molecule has 2 fully saturated rings. The van der Waals surface area contributed by atoms with Gasteiger partial charge in [-0.3, -0.25) is 9.59 Å². The molecule has 11 heteroatoms. The fraction of sp³-hybridized carbons (Fsp3) is 0.500. The average Bonchev–Trinajstić information content (AvgIpc) is 3.64. The van der Waals surface area contributed by atoms with Crippen molar-refractivity contribution >= 4 is 22.8 Å². The molecule has 0 aliphatic carbocycles. The first kappa shape index (κ1) is 37.6. The summed E-state index contributed by atoms with van der Waals surface area (Å²) in [5.41, 5.74) is 7.42. The van der Waals surface area contributed by atoms with Gasteiger partial charge in [0.15, 0.2) is 0 Å². The van der Waals surface area contributed by atoms with Crippen molar-refractivity contribution in [2.45, 2.75) is 51.1 Å². The molecule has 9 nitrogen and oxygen atoms in total. The maximum atomic E-state index is 11.5. The number of carbonyl (C=O) groups excluding carboxylic acids is 2. The van der Waals surface area contributed by atoms with Crippen LogP contribution in [0.5, 0.6) is 0 Å². The number of rotatable bonds is 11. The second kappa shape index (κ2) is 24.4. The van der Waals surface area contributed by atoms with E-state index in [1.807, 2.05) is 60.7 Å². The van der Waals surface area contributed by atoms with E-state index >= 15 is 0 Å². The fourth-order valence-electron chi connectivity index (χ4n) is 3.57. The summed E-state index contributed by atoms with van der Waals surface area (Å²) >= 11 is 5.08. The van der Waals surface area contributed by atoms with Crippen LogP contribution in [0.4, 0.5) is 0 Å². The van der Waals surface area contributed by atoms with E-state index in [2.05, 4.69) is 5.32 Å². The van der Waals surface area contributed by atoms with Gasteiger partial charge in [0, 0.05) is 26.3 Å². The third kappa shape index (κ3) is 19.4. The van der Waals surface area contributed by atoms with Crippen molar-refractivity contribution in [1.82, 2.24) is 5.32 Å². The van der Waals surface area contributed by atoms with Gasteiger partial charge in [0.25, 0.3) is 0 Å². The largest absolute Gasteiger partial charge is 1.00 e. The number of carbonyl (C=O) groups is 2. The van der Waals surface area contributed by atoms with E-state index in [0.717, 1.165) is 43.6 Å². The molecule has 2 aliphatic rings. The van der Waals surface area contributed by atoms with E-state index in [4.69, 9.17) is 36.3 Å². The maximum Gasteiger partial charge on any atom is 1.00 e. The van der Waals surface area contributed by atoms with Crippen LogP contribution in [0.3, 0.4) is 0 Å². The smallest absolute Gasteiger partial charge is 0.870 e. The molecule has 2 aromatic carbocycles. The molecule has 2 atom stereocenters. The van der Waals surface area contributed by atoms with Crippen LogP contribution in [0.1, 0.15) is 36.8 Å². The minimum atomic E-state index is -0.467. The summed E-state index contributed by atoms with van der Waals surface area (Å²) in [6, 6.07) is 19.4. The maximum absolute atomic E-state index is 11.5. The average molecular weight is 575 g/mol. The van der Waals surface area contributed by atoms with Gasteiger partial charge in [-0.05, 0) is 48.4 Å². The van der Waals surface area contributed by atoms with Crippen molar-refractivity contribution in [3.05, 3.63) is 71.8 Å². The van der Waals surface area contributed by atoms with Crippen LogP contribution >= 0.6 is 11.6 Å². The van der Waals surface area contributed by atoms with Gasteiger partial charge in [0.2, 0.25) is 11.1 Å². The Morgan fingerprint density at radius 1 is 0.846 bits per heavy atom. The third-order valence-electron chi connectivity index (χ3n) is 5.51. The Morgan fingerprint density at radius 2 is 1.33 bits per heavy atom. The van der Waals surface area contributed by atoms with Crippen LogP contribution < -0.4 is 40.6 Å². The molecule has 4 rings (SSSR count). The van der Waals surface area contributed by atoms with Crippen LogP contribution in [0, 0.1) is 0 Å². The summed E-state index contributed by atoms with van der Waals surface area (Å²) in [5, 5.41) is 2.36. The van der Waals surface area contributed by atoms with E-state index in [0.29, 0.717) is 32.4 Å². The van der Waals surface area contributed by atoms with Crippen LogP contribution in [0.25, 0.3) is 0 Å². The topological polar surface area (TPSA) is 139 Å². The number of nitrogens with two attached hydrogens (primary N) is 1. The minimum Gasteiger partial charge on any atom is -0.870 e. The standard InChI is InChI=1S/C14H19NO3.C9H9ClO2.C5H11NO.Na.H2O/c16-14(15-9-13-7-4-8-18-13)11-17-10-12-5-2-1-3-6-12;10-9(11)7-12-6-8-4-2-1-3-5-8;6-4-5-2-1-3-7-5;;/h1-3,5-6,13H,4,7-11H2,(H,15,16);1-5H,6-7H2;5H,1-4,6H2;;1H2/q;;;+1;/p-1/t13-;;5-;;/m0.0../s1. The van der Waals surface area contributed by atoms with Crippen LogP contribution in [0.2, 0.25) is 0 Å². The predicted molar refractivity (Wildman–Crippen MR) is 145 cm³/mol. The zero-order chi connectivity index (χ0) is 26.6. The van der Waals surface area contributed by atoms with Gasteiger partial charge in [0.1, 0.15) is 13.2 Å². The molecule has 0 bridgehead atoms. The normalized spacial score (nSPS) is 17.3. The molecule has 0 radical (unpaired) electrons.